The minimum atomic E-state index is -0.0423. The summed E-state index contributed by atoms with van der Waals surface area (Å²) in [6, 6.07) is 8.91. The van der Waals surface area contributed by atoms with Gasteiger partial charge in [0.25, 0.3) is 0 Å². The maximum Gasteiger partial charge on any atom is 0.0820 e. The van der Waals surface area contributed by atoms with Crippen LogP contribution in [0.15, 0.2) is 24.3 Å². The highest BCUT2D eigenvalue weighted by molar-refractivity contribution is 9.09. The fraction of sp³-hybridized carbons (Fsp3) is 0.600. The Bertz CT molecular complexity index is 363. The summed E-state index contributed by atoms with van der Waals surface area (Å²) in [6.45, 7) is 7.54. The van der Waals surface area contributed by atoms with Crippen molar-refractivity contribution in [3.05, 3.63) is 35.4 Å². The maximum atomic E-state index is 5.89. The van der Waals surface area contributed by atoms with Gasteiger partial charge in [0.15, 0.2) is 0 Å². The number of benzene rings is 1. The highest BCUT2D eigenvalue weighted by atomic mass is 79.9. The average Bonchev–Trinajstić information content (AvgIpc) is 2.76. The quantitative estimate of drug-likeness (QED) is 0.727. The van der Waals surface area contributed by atoms with E-state index in [9.17, 15) is 0 Å². The van der Waals surface area contributed by atoms with Crippen LogP contribution in [0.5, 0.6) is 0 Å². The molecule has 94 valence electrons. The molecule has 1 saturated heterocycles. The Labute approximate surface area is 113 Å². The van der Waals surface area contributed by atoms with Crippen molar-refractivity contribution >= 4 is 15.9 Å². The first kappa shape index (κ1) is 13.1. The van der Waals surface area contributed by atoms with Crippen molar-refractivity contribution in [1.29, 1.82) is 0 Å². The van der Waals surface area contributed by atoms with E-state index in [2.05, 4.69) is 61.0 Å². The molecule has 1 aliphatic rings. The average molecular weight is 297 g/mol. The van der Waals surface area contributed by atoms with Gasteiger partial charge in [-0.1, -0.05) is 54.0 Å². The Kier molecular flexibility index (Phi) is 3.94. The largest absolute Gasteiger partial charge is 0.374 e. The molecular formula is C15H21BrO. The normalized spacial score (nSPS) is 26.4. The smallest absolute Gasteiger partial charge is 0.0820 e. The summed E-state index contributed by atoms with van der Waals surface area (Å²) < 4.78 is 5.89. The standard InChI is InChI=1S/C15H21BrO/c1-11(2)12-5-7-13(8-6-12)14(16)15(3)9-4-10-17-15/h5-8,11,14H,4,9-10H2,1-3H3. The van der Waals surface area contributed by atoms with Crippen molar-refractivity contribution < 1.29 is 4.74 Å². The van der Waals surface area contributed by atoms with E-state index in [0.29, 0.717) is 10.7 Å². The molecule has 0 aromatic heterocycles. The van der Waals surface area contributed by atoms with Crippen LogP contribution in [0.2, 0.25) is 0 Å². The lowest BCUT2D eigenvalue weighted by Gasteiger charge is -2.29. The molecule has 2 rings (SSSR count). The number of alkyl halides is 1. The number of ether oxygens (including phenoxy) is 1. The van der Waals surface area contributed by atoms with E-state index in [1.165, 1.54) is 17.5 Å². The van der Waals surface area contributed by atoms with Crippen LogP contribution >= 0.6 is 15.9 Å². The molecule has 0 amide bonds. The highest BCUT2D eigenvalue weighted by Gasteiger charge is 2.37. The Morgan fingerprint density at radius 1 is 1.18 bits per heavy atom. The van der Waals surface area contributed by atoms with Crippen LogP contribution in [-0.2, 0) is 4.74 Å². The maximum absolute atomic E-state index is 5.89. The zero-order chi connectivity index (χ0) is 12.5. The van der Waals surface area contributed by atoms with E-state index in [1.54, 1.807) is 0 Å². The fourth-order valence-corrected chi connectivity index (χ4v) is 3.07. The first-order chi connectivity index (χ1) is 8.03. The third-order valence-corrected chi connectivity index (χ3v) is 5.18. The second kappa shape index (κ2) is 5.11. The lowest BCUT2D eigenvalue weighted by molar-refractivity contribution is 0.0197. The summed E-state index contributed by atoms with van der Waals surface area (Å²) in [4.78, 5) is 0.290. The van der Waals surface area contributed by atoms with Gasteiger partial charge in [0, 0.05) is 6.61 Å². The molecule has 0 spiro atoms. The van der Waals surface area contributed by atoms with Crippen LogP contribution in [0.25, 0.3) is 0 Å². The molecule has 1 nitrogen and oxygen atoms in total. The van der Waals surface area contributed by atoms with Crippen LogP contribution in [0, 0.1) is 0 Å². The van der Waals surface area contributed by atoms with Gasteiger partial charge in [0.05, 0.1) is 10.4 Å². The van der Waals surface area contributed by atoms with Gasteiger partial charge in [-0.15, -0.1) is 0 Å². The van der Waals surface area contributed by atoms with Crippen molar-refractivity contribution in [2.75, 3.05) is 6.61 Å². The topological polar surface area (TPSA) is 9.23 Å². The van der Waals surface area contributed by atoms with E-state index in [4.69, 9.17) is 4.74 Å². The van der Waals surface area contributed by atoms with Crippen LogP contribution in [-0.4, -0.2) is 12.2 Å². The summed E-state index contributed by atoms with van der Waals surface area (Å²) in [6.07, 6.45) is 2.30. The van der Waals surface area contributed by atoms with Crippen molar-refractivity contribution in [2.24, 2.45) is 0 Å². The predicted molar refractivity (Wildman–Crippen MR) is 75.8 cm³/mol. The summed E-state index contributed by atoms with van der Waals surface area (Å²) in [5.41, 5.74) is 2.67. The third kappa shape index (κ3) is 2.74. The van der Waals surface area contributed by atoms with Gasteiger partial charge >= 0.3 is 0 Å². The van der Waals surface area contributed by atoms with E-state index in [1.807, 2.05) is 0 Å². The number of rotatable bonds is 3. The fourth-order valence-electron chi connectivity index (χ4n) is 2.40. The van der Waals surface area contributed by atoms with Crippen molar-refractivity contribution in [3.8, 4) is 0 Å². The minimum Gasteiger partial charge on any atom is -0.374 e. The van der Waals surface area contributed by atoms with Gasteiger partial charge in [0.2, 0.25) is 0 Å². The molecule has 1 heterocycles. The first-order valence-electron chi connectivity index (χ1n) is 6.41. The Balaban J connectivity index is 2.16. The molecule has 0 saturated carbocycles. The monoisotopic (exact) mass is 296 g/mol. The zero-order valence-electron chi connectivity index (χ0n) is 10.9. The molecule has 2 unspecified atom stereocenters. The van der Waals surface area contributed by atoms with Gasteiger partial charge in [-0.25, -0.2) is 0 Å². The number of hydrogen-bond donors (Lipinski definition) is 0. The highest BCUT2D eigenvalue weighted by Crippen LogP contribution is 2.43. The van der Waals surface area contributed by atoms with Gasteiger partial charge in [-0.05, 0) is 36.8 Å². The number of hydrogen-bond acceptors (Lipinski definition) is 1. The van der Waals surface area contributed by atoms with E-state index in [-0.39, 0.29) is 5.60 Å². The number of halogens is 1. The van der Waals surface area contributed by atoms with E-state index in [0.717, 1.165) is 13.0 Å². The van der Waals surface area contributed by atoms with Gasteiger partial charge in [-0.3, -0.25) is 0 Å². The van der Waals surface area contributed by atoms with E-state index >= 15 is 0 Å². The molecule has 0 bridgehead atoms. The van der Waals surface area contributed by atoms with Gasteiger partial charge < -0.3 is 4.74 Å². The van der Waals surface area contributed by atoms with Crippen LogP contribution in [0.1, 0.15) is 55.5 Å². The molecule has 1 aromatic rings. The molecule has 0 radical (unpaired) electrons. The zero-order valence-corrected chi connectivity index (χ0v) is 12.5. The third-order valence-electron chi connectivity index (χ3n) is 3.68. The van der Waals surface area contributed by atoms with Crippen LogP contribution in [0.3, 0.4) is 0 Å². The lowest BCUT2D eigenvalue weighted by Crippen LogP contribution is -2.28. The first-order valence-corrected chi connectivity index (χ1v) is 7.32. The van der Waals surface area contributed by atoms with Crippen molar-refractivity contribution in [3.63, 3.8) is 0 Å². The molecule has 1 fully saturated rings. The molecule has 1 aliphatic heterocycles. The Morgan fingerprint density at radius 2 is 1.76 bits per heavy atom. The summed E-state index contributed by atoms with van der Waals surface area (Å²) >= 11 is 3.81. The predicted octanol–water partition coefficient (Wildman–Crippen LogP) is 4.82. The SMILES string of the molecule is CC(C)c1ccc(C(Br)C2(C)CCCO2)cc1. The van der Waals surface area contributed by atoms with Gasteiger partial charge in [-0.2, -0.15) is 0 Å². The minimum absolute atomic E-state index is 0.0423. The second-order valence-corrected chi connectivity index (χ2v) is 6.36. The molecule has 2 heteroatoms. The van der Waals surface area contributed by atoms with Crippen LogP contribution in [0.4, 0.5) is 0 Å². The van der Waals surface area contributed by atoms with Crippen molar-refractivity contribution in [2.45, 2.75) is 50.0 Å². The van der Waals surface area contributed by atoms with Gasteiger partial charge in [0.1, 0.15) is 0 Å². The lowest BCUT2D eigenvalue weighted by atomic mass is 9.92. The molecule has 17 heavy (non-hydrogen) atoms. The van der Waals surface area contributed by atoms with E-state index < -0.39 is 0 Å². The Hall–Kier alpha value is -0.340. The van der Waals surface area contributed by atoms with Crippen molar-refractivity contribution in [1.82, 2.24) is 0 Å². The van der Waals surface area contributed by atoms with Crippen LogP contribution < -0.4 is 0 Å². The molecule has 2 atom stereocenters. The molecule has 0 N–H and O–H groups in total. The summed E-state index contributed by atoms with van der Waals surface area (Å²) in [5, 5.41) is 0. The molecule has 0 aliphatic carbocycles. The molecular weight excluding hydrogens is 276 g/mol. The molecule has 1 aromatic carbocycles. The Morgan fingerprint density at radius 3 is 2.24 bits per heavy atom. The second-order valence-electron chi connectivity index (χ2n) is 5.45. The summed E-state index contributed by atoms with van der Waals surface area (Å²) in [5.74, 6) is 0.594. The summed E-state index contributed by atoms with van der Waals surface area (Å²) in [7, 11) is 0.